The van der Waals surface area contributed by atoms with Crippen LogP contribution in [0.5, 0.6) is 0 Å². The fourth-order valence-electron chi connectivity index (χ4n) is 2.73. The van der Waals surface area contributed by atoms with Gasteiger partial charge in [0.1, 0.15) is 7.85 Å². The third-order valence-corrected chi connectivity index (χ3v) is 5.85. The van der Waals surface area contributed by atoms with E-state index in [9.17, 15) is 8.42 Å². The van der Waals surface area contributed by atoms with Crippen LogP contribution >= 0.6 is 11.6 Å². The van der Waals surface area contributed by atoms with E-state index in [0.717, 1.165) is 5.46 Å². The van der Waals surface area contributed by atoms with Crippen molar-refractivity contribution in [2.75, 3.05) is 10.0 Å². The summed E-state index contributed by atoms with van der Waals surface area (Å²) in [6.07, 6.45) is 0. The maximum atomic E-state index is 12.9. The first-order chi connectivity index (χ1) is 13.9. The Bertz CT molecular complexity index is 1280. The smallest absolute Gasteiger partial charge is 0.263 e. The zero-order valence-electron chi connectivity index (χ0n) is 15.4. The van der Waals surface area contributed by atoms with E-state index in [1.807, 2.05) is 26.0 Å². The summed E-state index contributed by atoms with van der Waals surface area (Å²) in [5.41, 5.74) is 2.90. The second-order valence-electron chi connectivity index (χ2n) is 6.46. The molecule has 0 spiro atoms. The van der Waals surface area contributed by atoms with Gasteiger partial charge in [-0.25, -0.2) is 18.4 Å². The lowest BCUT2D eigenvalue weighted by atomic mass is 9.97. The molecule has 0 aliphatic carbocycles. The van der Waals surface area contributed by atoms with Gasteiger partial charge in [0.25, 0.3) is 10.0 Å². The molecule has 29 heavy (non-hydrogen) atoms. The molecule has 0 saturated carbocycles. The lowest BCUT2D eigenvalue weighted by Crippen LogP contribution is -2.16. The van der Waals surface area contributed by atoms with Crippen molar-refractivity contribution >= 4 is 63.3 Å². The standard InChI is InChI=1S/C20H16BClN4O2S/c21-13-5-11-16(12-6-13)29(27,28)26-20-19(23-15-9-7-14(22)8-10-15)24-17-3-1-2-4-18(17)25-20/h1-12H,21H2,(H,23,24)(H,25,26). The number of sulfonamides is 1. The summed E-state index contributed by atoms with van der Waals surface area (Å²) in [5, 5.41) is 3.71. The molecule has 0 bridgehead atoms. The number of hydrogen-bond donors (Lipinski definition) is 2. The van der Waals surface area contributed by atoms with Crippen LogP contribution in [-0.4, -0.2) is 26.2 Å². The molecule has 0 aliphatic rings. The molecule has 4 aromatic rings. The number of aromatic nitrogens is 2. The van der Waals surface area contributed by atoms with Crippen molar-refractivity contribution in [2.24, 2.45) is 0 Å². The minimum atomic E-state index is -3.83. The fourth-order valence-corrected chi connectivity index (χ4v) is 3.87. The number of hydrogen-bond acceptors (Lipinski definition) is 5. The average molecular weight is 423 g/mol. The molecule has 0 unspecified atom stereocenters. The van der Waals surface area contributed by atoms with Gasteiger partial charge in [0, 0.05) is 10.7 Å². The zero-order valence-corrected chi connectivity index (χ0v) is 17.0. The highest BCUT2D eigenvalue weighted by atomic mass is 35.5. The number of para-hydroxylation sites is 2. The summed E-state index contributed by atoms with van der Waals surface area (Å²) in [7, 11) is -1.94. The van der Waals surface area contributed by atoms with Gasteiger partial charge in [-0.3, -0.25) is 4.72 Å². The second-order valence-corrected chi connectivity index (χ2v) is 8.58. The normalized spacial score (nSPS) is 11.3. The lowest BCUT2D eigenvalue weighted by molar-refractivity contribution is 0.601. The van der Waals surface area contributed by atoms with Gasteiger partial charge < -0.3 is 5.32 Å². The van der Waals surface area contributed by atoms with Crippen molar-refractivity contribution in [1.82, 2.24) is 9.97 Å². The zero-order chi connectivity index (χ0) is 20.4. The van der Waals surface area contributed by atoms with Gasteiger partial charge in [-0.1, -0.05) is 41.3 Å². The first kappa shape index (κ1) is 19.2. The minimum absolute atomic E-state index is 0.110. The lowest BCUT2D eigenvalue weighted by Gasteiger charge is -2.14. The number of nitrogens with zero attached hydrogens (tertiary/aromatic N) is 2. The van der Waals surface area contributed by atoms with Crippen LogP contribution < -0.4 is 15.5 Å². The van der Waals surface area contributed by atoms with Crippen molar-refractivity contribution in [1.29, 1.82) is 0 Å². The van der Waals surface area contributed by atoms with E-state index in [1.54, 1.807) is 54.6 Å². The number of halogens is 1. The molecular weight excluding hydrogens is 407 g/mol. The molecule has 1 aromatic heterocycles. The molecule has 9 heteroatoms. The van der Waals surface area contributed by atoms with Crippen LogP contribution in [0.3, 0.4) is 0 Å². The summed E-state index contributed by atoms with van der Waals surface area (Å²) in [6.45, 7) is 0. The molecule has 6 nitrogen and oxygen atoms in total. The minimum Gasteiger partial charge on any atom is -0.337 e. The monoisotopic (exact) mass is 422 g/mol. The Morgan fingerprint density at radius 3 is 2.00 bits per heavy atom. The van der Waals surface area contributed by atoms with Crippen LogP contribution in [0, 0.1) is 0 Å². The van der Waals surface area contributed by atoms with Crippen molar-refractivity contribution in [3.8, 4) is 0 Å². The highest BCUT2D eigenvalue weighted by Crippen LogP contribution is 2.27. The number of rotatable bonds is 5. The first-order valence-electron chi connectivity index (χ1n) is 8.80. The van der Waals surface area contributed by atoms with E-state index in [4.69, 9.17) is 11.6 Å². The van der Waals surface area contributed by atoms with Crippen molar-refractivity contribution < 1.29 is 8.42 Å². The van der Waals surface area contributed by atoms with E-state index in [0.29, 0.717) is 27.6 Å². The Balaban J connectivity index is 1.77. The number of anilines is 3. The molecule has 3 aromatic carbocycles. The summed E-state index contributed by atoms with van der Waals surface area (Å²) < 4.78 is 28.3. The fraction of sp³-hybridized carbons (Fsp3) is 0. The highest BCUT2D eigenvalue weighted by molar-refractivity contribution is 7.92. The van der Waals surface area contributed by atoms with Crippen molar-refractivity contribution in [3.63, 3.8) is 0 Å². The molecule has 0 aliphatic heterocycles. The van der Waals surface area contributed by atoms with E-state index in [-0.39, 0.29) is 10.7 Å². The SMILES string of the molecule is Bc1ccc(S(=O)(=O)Nc2nc3ccccc3nc2Nc2ccc(Cl)cc2)cc1. The van der Waals surface area contributed by atoms with Gasteiger partial charge in [-0.15, -0.1) is 0 Å². The number of nitrogens with one attached hydrogen (secondary N) is 2. The van der Waals surface area contributed by atoms with Crippen LogP contribution in [0.15, 0.2) is 77.7 Å². The van der Waals surface area contributed by atoms with Crippen LogP contribution in [0.4, 0.5) is 17.3 Å². The highest BCUT2D eigenvalue weighted by Gasteiger charge is 2.19. The van der Waals surface area contributed by atoms with Crippen molar-refractivity contribution in [3.05, 3.63) is 77.8 Å². The van der Waals surface area contributed by atoms with E-state index < -0.39 is 10.0 Å². The molecule has 0 amide bonds. The van der Waals surface area contributed by atoms with Crippen LogP contribution in [0.1, 0.15) is 0 Å². The Kier molecular flexibility index (Phi) is 5.13. The van der Waals surface area contributed by atoms with Crippen molar-refractivity contribution in [2.45, 2.75) is 4.90 Å². The van der Waals surface area contributed by atoms with Gasteiger partial charge in [0.05, 0.1) is 15.9 Å². The predicted octanol–water partition coefficient (Wildman–Crippen LogP) is 3.09. The van der Waals surface area contributed by atoms with Crippen LogP contribution in [0.2, 0.25) is 5.02 Å². The molecule has 144 valence electrons. The van der Waals surface area contributed by atoms with Gasteiger partial charge >= 0.3 is 0 Å². The third-order valence-electron chi connectivity index (χ3n) is 4.24. The summed E-state index contributed by atoms with van der Waals surface area (Å²) in [5.74, 6) is 0.404. The number of fused-ring (bicyclic) bond motifs is 1. The second kappa shape index (κ2) is 7.73. The maximum absolute atomic E-state index is 12.9. The molecule has 0 atom stereocenters. The molecule has 2 N–H and O–H groups in total. The van der Waals surface area contributed by atoms with E-state index in [1.165, 1.54) is 0 Å². The summed E-state index contributed by atoms with van der Waals surface area (Å²) >= 11 is 5.94. The predicted molar refractivity (Wildman–Crippen MR) is 120 cm³/mol. The average Bonchev–Trinajstić information content (AvgIpc) is 2.70. The van der Waals surface area contributed by atoms with Gasteiger partial charge in [-0.05, 0) is 48.5 Å². The Morgan fingerprint density at radius 2 is 1.38 bits per heavy atom. The quantitative estimate of drug-likeness (QED) is 0.483. The summed E-state index contributed by atoms with van der Waals surface area (Å²) in [6, 6.07) is 20.9. The van der Waals surface area contributed by atoms with Crippen LogP contribution in [0.25, 0.3) is 11.0 Å². The Hall–Kier alpha value is -3.10. The Morgan fingerprint density at radius 1 is 0.793 bits per heavy atom. The number of benzene rings is 3. The largest absolute Gasteiger partial charge is 0.337 e. The third kappa shape index (κ3) is 4.33. The maximum Gasteiger partial charge on any atom is 0.263 e. The van der Waals surface area contributed by atoms with Gasteiger partial charge in [-0.2, -0.15) is 0 Å². The van der Waals surface area contributed by atoms with Gasteiger partial charge in [0.15, 0.2) is 11.6 Å². The Labute approximate surface area is 174 Å². The molecule has 0 saturated heterocycles. The van der Waals surface area contributed by atoms with E-state index >= 15 is 0 Å². The molecule has 0 fully saturated rings. The molecule has 4 rings (SSSR count). The molecule has 0 radical (unpaired) electrons. The van der Waals surface area contributed by atoms with Crippen LogP contribution in [-0.2, 0) is 10.0 Å². The first-order valence-corrected chi connectivity index (χ1v) is 10.7. The molecule has 1 heterocycles. The summed E-state index contributed by atoms with van der Waals surface area (Å²) in [4.78, 5) is 9.18. The topological polar surface area (TPSA) is 84.0 Å². The molecular formula is C20H16BClN4O2S. The van der Waals surface area contributed by atoms with Gasteiger partial charge in [0.2, 0.25) is 0 Å². The van der Waals surface area contributed by atoms with E-state index in [2.05, 4.69) is 20.0 Å².